The molecule has 116 valence electrons. The number of benzene rings is 1. The Morgan fingerprint density at radius 1 is 1.29 bits per heavy atom. The fourth-order valence-corrected chi connectivity index (χ4v) is 4.00. The van der Waals surface area contributed by atoms with Gasteiger partial charge in [-0.1, -0.05) is 34.8 Å². The summed E-state index contributed by atoms with van der Waals surface area (Å²) >= 11 is 3.33. The van der Waals surface area contributed by atoms with Crippen LogP contribution < -0.4 is 5.32 Å². The molecule has 0 amide bonds. The minimum Gasteiger partial charge on any atom is -0.308 e. The lowest BCUT2D eigenvalue weighted by molar-refractivity contribution is 0.0210. The molecule has 2 aliphatic rings. The van der Waals surface area contributed by atoms with Crippen LogP contribution in [0.2, 0.25) is 0 Å². The summed E-state index contributed by atoms with van der Waals surface area (Å²) in [7, 11) is 0. The molecule has 21 heavy (non-hydrogen) atoms. The molecular weight excluding hydrogens is 331 g/mol. The van der Waals surface area contributed by atoms with Crippen molar-refractivity contribution in [1.82, 2.24) is 10.2 Å². The number of halogens is 2. The molecule has 3 rings (SSSR count). The Balaban J connectivity index is 1.80. The number of nitrogens with one attached hydrogen (secondary N) is 1. The van der Waals surface area contributed by atoms with Crippen molar-refractivity contribution < 1.29 is 4.39 Å². The lowest BCUT2D eigenvalue weighted by Gasteiger charge is -2.51. The molecule has 1 aliphatic heterocycles. The number of hydrogen-bond acceptors (Lipinski definition) is 2. The first-order valence-corrected chi connectivity index (χ1v) is 8.64. The molecule has 1 heterocycles. The van der Waals surface area contributed by atoms with Crippen LogP contribution in [0, 0.1) is 5.82 Å². The van der Waals surface area contributed by atoms with Crippen LogP contribution in [0.4, 0.5) is 4.39 Å². The van der Waals surface area contributed by atoms with Crippen molar-refractivity contribution >= 4 is 15.9 Å². The Bertz CT molecular complexity index is 524. The smallest absolute Gasteiger partial charge is 0.128 e. The van der Waals surface area contributed by atoms with Gasteiger partial charge in [0.15, 0.2) is 0 Å². The third kappa shape index (κ3) is 3.17. The second-order valence-corrected chi connectivity index (χ2v) is 8.16. The lowest BCUT2D eigenvalue weighted by Crippen LogP contribution is -2.66. The molecule has 1 spiro atoms. The Morgan fingerprint density at radius 3 is 2.67 bits per heavy atom. The van der Waals surface area contributed by atoms with E-state index in [1.54, 1.807) is 6.07 Å². The van der Waals surface area contributed by atoms with Crippen molar-refractivity contribution in [3.8, 4) is 0 Å². The fourth-order valence-electron chi connectivity index (χ4n) is 3.66. The minimum atomic E-state index is -0.112. The quantitative estimate of drug-likeness (QED) is 0.860. The van der Waals surface area contributed by atoms with Crippen molar-refractivity contribution in [3.63, 3.8) is 0 Å². The second kappa shape index (κ2) is 5.64. The Labute approximate surface area is 135 Å². The van der Waals surface area contributed by atoms with Gasteiger partial charge in [0.05, 0.1) is 0 Å². The van der Waals surface area contributed by atoms with Gasteiger partial charge < -0.3 is 5.32 Å². The Morgan fingerprint density at radius 2 is 2.00 bits per heavy atom. The van der Waals surface area contributed by atoms with Crippen LogP contribution >= 0.6 is 15.9 Å². The topological polar surface area (TPSA) is 15.3 Å². The molecule has 1 aliphatic carbocycles. The fraction of sp³-hybridized carbons (Fsp3) is 0.647. The molecule has 0 atom stereocenters. The molecule has 2 nitrogen and oxygen atoms in total. The van der Waals surface area contributed by atoms with E-state index >= 15 is 0 Å². The van der Waals surface area contributed by atoms with Gasteiger partial charge in [0, 0.05) is 40.7 Å². The third-order valence-corrected chi connectivity index (χ3v) is 5.68. The van der Waals surface area contributed by atoms with Gasteiger partial charge >= 0.3 is 0 Å². The summed E-state index contributed by atoms with van der Waals surface area (Å²) in [5.74, 6) is -0.112. The average molecular weight is 355 g/mol. The van der Waals surface area contributed by atoms with Crippen LogP contribution in [-0.2, 0) is 6.54 Å². The van der Waals surface area contributed by atoms with Crippen molar-refractivity contribution in [3.05, 3.63) is 34.1 Å². The highest BCUT2D eigenvalue weighted by Gasteiger charge is 2.44. The molecule has 1 saturated heterocycles. The molecule has 0 radical (unpaired) electrons. The van der Waals surface area contributed by atoms with Crippen LogP contribution in [0.15, 0.2) is 22.7 Å². The van der Waals surface area contributed by atoms with Gasteiger partial charge in [0.25, 0.3) is 0 Å². The number of hydrogen-bond donors (Lipinski definition) is 1. The predicted molar refractivity (Wildman–Crippen MR) is 87.8 cm³/mol. The van der Waals surface area contributed by atoms with Crippen LogP contribution in [0.25, 0.3) is 0 Å². The van der Waals surface area contributed by atoms with Gasteiger partial charge in [-0.05, 0) is 38.8 Å². The third-order valence-electron chi connectivity index (χ3n) is 5.18. The van der Waals surface area contributed by atoms with Gasteiger partial charge in [-0.25, -0.2) is 4.39 Å². The molecule has 1 saturated carbocycles. The summed E-state index contributed by atoms with van der Waals surface area (Å²) in [6.45, 7) is 7.19. The van der Waals surface area contributed by atoms with E-state index in [1.165, 1.54) is 25.7 Å². The molecular formula is C17H24BrFN2. The highest BCUT2D eigenvalue weighted by molar-refractivity contribution is 9.10. The maximum absolute atomic E-state index is 14.2. The first-order valence-electron chi connectivity index (χ1n) is 7.84. The number of rotatable bonds is 2. The molecule has 1 aromatic rings. The summed E-state index contributed by atoms with van der Waals surface area (Å²) in [6, 6.07) is 5.40. The summed E-state index contributed by atoms with van der Waals surface area (Å²) in [6.07, 6.45) is 5.13. The van der Waals surface area contributed by atoms with Crippen molar-refractivity contribution in [2.45, 2.75) is 57.2 Å². The standard InChI is InChI=1S/C17H24BrFN2/c1-16(2)11-20-17(7-3-4-8-17)12-21(16)10-13-5-6-14(18)9-15(13)19/h5-6,9,20H,3-4,7-8,10-12H2,1-2H3. The zero-order valence-corrected chi connectivity index (χ0v) is 14.5. The summed E-state index contributed by atoms with van der Waals surface area (Å²) in [4.78, 5) is 2.46. The highest BCUT2D eigenvalue weighted by Crippen LogP contribution is 2.36. The van der Waals surface area contributed by atoms with Crippen LogP contribution in [0.5, 0.6) is 0 Å². The van der Waals surface area contributed by atoms with Crippen molar-refractivity contribution in [1.29, 1.82) is 0 Å². The van der Waals surface area contributed by atoms with Crippen molar-refractivity contribution in [2.24, 2.45) is 0 Å². The van der Waals surface area contributed by atoms with Gasteiger partial charge in [0.1, 0.15) is 5.82 Å². The van der Waals surface area contributed by atoms with Gasteiger partial charge in [0.2, 0.25) is 0 Å². The van der Waals surface area contributed by atoms with Gasteiger partial charge in [-0.2, -0.15) is 0 Å². The maximum atomic E-state index is 14.2. The minimum absolute atomic E-state index is 0.0629. The molecule has 2 fully saturated rings. The first kappa shape index (κ1) is 15.4. The maximum Gasteiger partial charge on any atom is 0.128 e. The number of nitrogens with zero attached hydrogens (tertiary/aromatic N) is 1. The predicted octanol–water partition coefficient (Wildman–Crippen LogP) is 4.08. The molecule has 1 N–H and O–H groups in total. The van der Waals surface area contributed by atoms with E-state index in [2.05, 4.69) is 40.0 Å². The largest absolute Gasteiger partial charge is 0.308 e. The van der Waals surface area contributed by atoms with Crippen molar-refractivity contribution in [2.75, 3.05) is 13.1 Å². The monoisotopic (exact) mass is 354 g/mol. The lowest BCUT2D eigenvalue weighted by atomic mass is 9.87. The van der Waals surface area contributed by atoms with E-state index in [0.29, 0.717) is 6.54 Å². The summed E-state index contributed by atoms with van der Waals surface area (Å²) in [5, 5.41) is 3.78. The Hall–Kier alpha value is -0.450. The van der Waals surface area contributed by atoms with E-state index in [9.17, 15) is 4.39 Å². The van der Waals surface area contributed by atoms with E-state index in [1.807, 2.05) is 12.1 Å². The van der Waals surface area contributed by atoms with E-state index in [0.717, 1.165) is 23.1 Å². The molecule has 4 heteroatoms. The summed E-state index contributed by atoms with van der Waals surface area (Å²) in [5.41, 5.74) is 1.12. The molecule has 0 bridgehead atoms. The van der Waals surface area contributed by atoms with Gasteiger partial charge in [-0.15, -0.1) is 0 Å². The summed E-state index contributed by atoms with van der Waals surface area (Å²) < 4.78 is 15.0. The first-order chi connectivity index (χ1) is 9.90. The normalized spacial score (nSPS) is 24.6. The Kier molecular flexibility index (Phi) is 4.15. The van der Waals surface area contributed by atoms with Crippen LogP contribution in [0.1, 0.15) is 45.1 Å². The SMILES string of the molecule is CC1(C)CNC2(CCCC2)CN1Cc1ccc(Br)cc1F. The van der Waals surface area contributed by atoms with Gasteiger partial charge in [-0.3, -0.25) is 4.90 Å². The molecule has 1 aromatic carbocycles. The number of piperazine rings is 1. The van der Waals surface area contributed by atoms with Crippen LogP contribution in [-0.4, -0.2) is 29.1 Å². The second-order valence-electron chi connectivity index (χ2n) is 7.25. The highest BCUT2D eigenvalue weighted by atomic mass is 79.9. The average Bonchev–Trinajstić information content (AvgIpc) is 2.86. The molecule has 0 unspecified atom stereocenters. The van der Waals surface area contributed by atoms with E-state index in [4.69, 9.17) is 0 Å². The van der Waals surface area contributed by atoms with E-state index in [-0.39, 0.29) is 16.9 Å². The zero-order valence-electron chi connectivity index (χ0n) is 12.9. The van der Waals surface area contributed by atoms with Crippen LogP contribution in [0.3, 0.4) is 0 Å². The van der Waals surface area contributed by atoms with E-state index < -0.39 is 0 Å². The molecule has 0 aromatic heterocycles. The zero-order chi connectivity index (χ0) is 15.1.